The summed E-state index contributed by atoms with van der Waals surface area (Å²) in [5.74, 6) is 0.805. The Morgan fingerprint density at radius 3 is 2.92 bits per heavy atom. The fraction of sp³-hybridized carbons (Fsp3) is 0.500. The van der Waals surface area contributed by atoms with Crippen LogP contribution in [0.5, 0.6) is 0 Å². The Balaban J connectivity index is 2.37. The van der Waals surface area contributed by atoms with Crippen LogP contribution < -0.4 is 4.31 Å². The molecule has 0 aliphatic carbocycles. The molecule has 0 unspecified atom stereocenters. The predicted molar refractivity (Wildman–Crippen MR) is 44.3 cm³/mol. The van der Waals surface area contributed by atoms with Gasteiger partial charge < -0.3 is 0 Å². The Hall–Kier alpha value is -1.04. The normalized spacial score (nSPS) is 21.5. The summed E-state index contributed by atoms with van der Waals surface area (Å²) in [7, 11) is -3.05. The van der Waals surface area contributed by atoms with Gasteiger partial charge in [0.2, 0.25) is 10.0 Å². The highest BCUT2D eigenvalue weighted by molar-refractivity contribution is 7.93. The third-order valence-electron chi connectivity index (χ3n) is 1.85. The van der Waals surface area contributed by atoms with E-state index in [1.165, 1.54) is 4.31 Å². The van der Waals surface area contributed by atoms with Crippen molar-refractivity contribution in [1.82, 2.24) is 10.2 Å². The van der Waals surface area contributed by atoms with E-state index in [1.54, 1.807) is 12.3 Å². The molecule has 1 fully saturated rings. The predicted octanol–water partition coefficient (Wildman–Crippen LogP) is -0.0504. The van der Waals surface area contributed by atoms with Gasteiger partial charge in [0.1, 0.15) is 5.82 Å². The van der Waals surface area contributed by atoms with E-state index in [0.717, 1.165) is 0 Å². The van der Waals surface area contributed by atoms with Gasteiger partial charge in [-0.2, -0.15) is 5.10 Å². The summed E-state index contributed by atoms with van der Waals surface area (Å²) >= 11 is 0. The van der Waals surface area contributed by atoms with Crippen LogP contribution in [0.15, 0.2) is 12.3 Å². The van der Waals surface area contributed by atoms with Gasteiger partial charge in [0.05, 0.1) is 11.9 Å². The van der Waals surface area contributed by atoms with Crippen molar-refractivity contribution in [2.24, 2.45) is 0 Å². The number of hydrogen-bond acceptors (Lipinski definition) is 3. The molecule has 0 atom stereocenters. The van der Waals surface area contributed by atoms with Gasteiger partial charge in [-0.15, -0.1) is 0 Å². The Bertz CT molecular complexity index is 356. The lowest BCUT2D eigenvalue weighted by atomic mass is 10.5. The topological polar surface area (TPSA) is 66.1 Å². The molecule has 1 N–H and O–H groups in total. The minimum absolute atomic E-state index is 0.242. The van der Waals surface area contributed by atoms with Crippen molar-refractivity contribution in [2.75, 3.05) is 16.6 Å². The second-order valence-corrected chi connectivity index (χ2v) is 4.70. The number of H-pyrrole nitrogens is 1. The molecule has 2 rings (SSSR count). The molecule has 0 saturated carbocycles. The van der Waals surface area contributed by atoms with E-state index in [9.17, 15) is 8.42 Å². The molecular weight excluding hydrogens is 178 g/mol. The first kappa shape index (κ1) is 7.60. The number of sulfonamides is 1. The van der Waals surface area contributed by atoms with Crippen LogP contribution in [0.4, 0.5) is 5.82 Å². The van der Waals surface area contributed by atoms with E-state index < -0.39 is 10.0 Å². The molecular formula is C6H9N3O2S. The zero-order chi connectivity index (χ0) is 8.60. The van der Waals surface area contributed by atoms with Crippen LogP contribution in [0.3, 0.4) is 0 Å². The van der Waals surface area contributed by atoms with Gasteiger partial charge >= 0.3 is 0 Å². The summed E-state index contributed by atoms with van der Waals surface area (Å²) in [4.78, 5) is 0. The van der Waals surface area contributed by atoms with Crippen molar-refractivity contribution in [2.45, 2.75) is 6.42 Å². The van der Waals surface area contributed by atoms with Gasteiger partial charge in [0.25, 0.3) is 0 Å². The molecule has 0 spiro atoms. The lowest BCUT2D eigenvalue weighted by Gasteiger charge is -2.12. The summed E-state index contributed by atoms with van der Waals surface area (Å²) in [5.41, 5.74) is 0. The van der Waals surface area contributed by atoms with Gasteiger partial charge in [0, 0.05) is 12.6 Å². The van der Waals surface area contributed by atoms with E-state index in [-0.39, 0.29) is 5.75 Å². The third kappa shape index (κ3) is 1.08. The average Bonchev–Trinajstić information content (AvgIpc) is 2.55. The van der Waals surface area contributed by atoms with Crippen molar-refractivity contribution >= 4 is 15.8 Å². The second-order valence-electron chi connectivity index (χ2n) is 2.68. The van der Waals surface area contributed by atoms with Crippen LogP contribution in [0, 0.1) is 0 Å². The molecule has 0 radical (unpaired) electrons. The lowest BCUT2D eigenvalue weighted by molar-refractivity contribution is 0.599. The molecule has 0 aromatic carbocycles. The van der Waals surface area contributed by atoms with Crippen molar-refractivity contribution in [3.05, 3.63) is 12.3 Å². The van der Waals surface area contributed by atoms with Crippen LogP contribution in [0.1, 0.15) is 6.42 Å². The maximum Gasteiger partial charge on any atom is 0.236 e. The van der Waals surface area contributed by atoms with Crippen LogP contribution >= 0.6 is 0 Å². The maximum atomic E-state index is 11.3. The largest absolute Gasteiger partial charge is 0.262 e. The molecule has 0 bridgehead atoms. The molecule has 1 aromatic heterocycles. The Morgan fingerprint density at radius 2 is 2.42 bits per heavy atom. The molecule has 0 amide bonds. The number of aromatic nitrogens is 2. The van der Waals surface area contributed by atoms with Crippen LogP contribution in [0.2, 0.25) is 0 Å². The average molecular weight is 187 g/mol. The second kappa shape index (κ2) is 2.48. The first-order valence-corrected chi connectivity index (χ1v) is 5.31. The van der Waals surface area contributed by atoms with Crippen molar-refractivity contribution < 1.29 is 8.42 Å². The number of anilines is 1. The van der Waals surface area contributed by atoms with Crippen LogP contribution in [-0.2, 0) is 10.0 Å². The monoisotopic (exact) mass is 187 g/mol. The SMILES string of the molecule is O=S1(=O)CCCN1c1ccn[nH]1. The van der Waals surface area contributed by atoms with Gasteiger partial charge in [0.15, 0.2) is 0 Å². The van der Waals surface area contributed by atoms with Gasteiger partial charge in [-0.3, -0.25) is 9.40 Å². The highest BCUT2D eigenvalue weighted by atomic mass is 32.2. The standard InChI is InChI=1S/C6H9N3O2S/c10-12(11)5-1-4-9(12)6-2-3-7-8-6/h2-3H,1,4-5H2,(H,7,8). The molecule has 1 saturated heterocycles. The first-order valence-electron chi connectivity index (χ1n) is 3.70. The Kier molecular flexibility index (Phi) is 1.57. The number of nitrogens with one attached hydrogen (secondary N) is 1. The molecule has 1 aromatic rings. The summed E-state index contributed by atoms with van der Waals surface area (Å²) in [5, 5.41) is 6.33. The van der Waals surface area contributed by atoms with Gasteiger partial charge in [-0.25, -0.2) is 8.42 Å². The first-order chi connectivity index (χ1) is 5.70. The quantitative estimate of drug-likeness (QED) is 0.670. The van der Waals surface area contributed by atoms with E-state index >= 15 is 0 Å². The van der Waals surface area contributed by atoms with Crippen molar-refractivity contribution in [3.8, 4) is 0 Å². The number of hydrogen-bond donors (Lipinski definition) is 1. The zero-order valence-corrected chi connectivity index (χ0v) is 7.21. The number of rotatable bonds is 1. The van der Waals surface area contributed by atoms with Crippen LogP contribution in [-0.4, -0.2) is 30.9 Å². The molecule has 1 aliphatic rings. The smallest absolute Gasteiger partial charge is 0.236 e. The summed E-state index contributed by atoms with van der Waals surface area (Å²) < 4.78 is 24.0. The van der Waals surface area contributed by atoms with E-state index in [2.05, 4.69) is 10.2 Å². The lowest BCUT2D eigenvalue weighted by Crippen LogP contribution is -2.25. The zero-order valence-electron chi connectivity index (χ0n) is 6.40. The minimum Gasteiger partial charge on any atom is -0.262 e. The van der Waals surface area contributed by atoms with Gasteiger partial charge in [-0.05, 0) is 6.42 Å². The summed E-state index contributed by atoms with van der Waals surface area (Å²) in [6, 6.07) is 1.66. The van der Waals surface area contributed by atoms with Gasteiger partial charge in [-0.1, -0.05) is 0 Å². The molecule has 12 heavy (non-hydrogen) atoms. The third-order valence-corrected chi connectivity index (χ3v) is 3.71. The van der Waals surface area contributed by atoms with E-state index in [4.69, 9.17) is 0 Å². The fourth-order valence-corrected chi connectivity index (χ4v) is 2.82. The molecule has 5 nitrogen and oxygen atoms in total. The van der Waals surface area contributed by atoms with Crippen molar-refractivity contribution in [3.63, 3.8) is 0 Å². The van der Waals surface area contributed by atoms with Crippen molar-refractivity contribution in [1.29, 1.82) is 0 Å². The molecule has 1 aliphatic heterocycles. The molecule has 6 heteroatoms. The molecule has 2 heterocycles. The Labute approximate surface area is 70.4 Å². The highest BCUT2D eigenvalue weighted by Crippen LogP contribution is 2.20. The summed E-state index contributed by atoms with van der Waals surface area (Å²) in [6.07, 6.45) is 2.24. The fourth-order valence-electron chi connectivity index (χ4n) is 1.30. The number of aromatic amines is 1. The van der Waals surface area contributed by atoms with E-state index in [1.807, 2.05) is 0 Å². The molecule has 66 valence electrons. The maximum absolute atomic E-state index is 11.3. The number of nitrogens with zero attached hydrogens (tertiary/aromatic N) is 2. The summed E-state index contributed by atoms with van der Waals surface area (Å²) in [6.45, 7) is 0.560. The van der Waals surface area contributed by atoms with E-state index in [0.29, 0.717) is 18.8 Å². The Morgan fingerprint density at radius 1 is 1.58 bits per heavy atom. The minimum atomic E-state index is -3.05. The highest BCUT2D eigenvalue weighted by Gasteiger charge is 2.28. The van der Waals surface area contributed by atoms with Crippen LogP contribution in [0.25, 0.3) is 0 Å².